The largest absolute Gasteiger partial charge is 0.390 e. The predicted octanol–water partition coefficient (Wildman–Crippen LogP) is 5.82. The van der Waals surface area contributed by atoms with Crippen LogP contribution in [0.15, 0.2) is 35.4 Å². The van der Waals surface area contributed by atoms with Gasteiger partial charge in [0, 0.05) is 43.4 Å². The number of halogens is 2. The summed E-state index contributed by atoms with van der Waals surface area (Å²) in [5.74, 6) is -2.45. The van der Waals surface area contributed by atoms with E-state index in [2.05, 4.69) is 18.3 Å². The van der Waals surface area contributed by atoms with Gasteiger partial charge < -0.3 is 19.9 Å². The number of carbonyl (C=O) groups is 1. The number of carbonyl (C=O) groups excluding carboxylic acids is 1. The molecule has 0 spiro atoms. The van der Waals surface area contributed by atoms with E-state index in [9.17, 15) is 18.7 Å². The van der Waals surface area contributed by atoms with Gasteiger partial charge in [-0.1, -0.05) is 38.5 Å². The first kappa shape index (κ1) is 29.1. The van der Waals surface area contributed by atoms with Crippen LogP contribution in [-0.2, 0) is 20.7 Å². The minimum absolute atomic E-state index is 0.0585. The van der Waals surface area contributed by atoms with E-state index in [1.54, 1.807) is 21.1 Å². The number of nitrogens with one attached hydrogen (secondary N) is 1. The summed E-state index contributed by atoms with van der Waals surface area (Å²) in [6, 6.07) is 2.47. The summed E-state index contributed by atoms with van der Waals surface area (Å²) in [5, 5.41) is 13.7. The maximum Gasteiger partial charge on any atom is 0.250 e. The summed E-state index contributed by atoms with van der Waals surface area (Å²) in [4.78, 5) is 12.7. The van der Waals surface area contributed by atoms with Crippen LogP contribution >= 0.6 is 0 Å². The van der Waals surface area contributed by atoms with E-state index in [-0.39, 0.29) is 47.4 Å². The van der Waals surface area contributed by atoms with Gasteiger partial charge in [0.1, 0.15) is 0 Å². The number of fused-ring (bicyclic) bond motifs is 2. The molecule has 2 N–H and O–H groups in total. The maximum absolute atomic E-state index is 14.6. The van der Waals surface area contributed by atoms with Crippen LogP contribution in [0.3, 0.4) is 0 Å². The first-order valence-corrected chi connectivity index (χ1v) is 12.4. The van der Waals surface area contributed by atoms with E-state index in [0.717, 1.165) is 11.6 Å². The molecule has 1 amide bonds. The molecule has 0 saturated carbocycles. The second-order valence-electron chi connectivity index (χ2n) is 9.99. The second kappa shape index (κ2) is 13.3. The molecule has 1 aromatic carbocycles. The Labute approximate surface area is 208 Å². The van der Waals surface area contributed by atoms with Crippen molar-refractivity contribution in [2.24, 2.45) is 17.8 Å². The summed E-state index contributed by atoms with van der Waals surface area (Å²) in [6.07, 6.45) is 4.63. The van der Waals surface area contributed by atoms with E-state index >= 15 is 0 Å². The number of rotatable bonds is 2. The Kier molecular flexibility index (Phi) is 11.1. The van der Waals surface area contributed by atoms with Crippen LogP contribution < -0.4 is 5.32 Å². The quantitative estimate of drug-likeness (QED) is 0.510. The lowest BCUT2D eigenvalue weighted by atomic mass is 9.86. The van der Waals surface area contributed by atoms with Crippen molar-refractivity contribution in [3.8, 4) is 0 Å². The number of methoxy groups -OCH3 is 2. The molecule has 0 aliphatic carbocycles. The van der Waals surface area contributed by atoms with Gasteiger partial charge in [0.05, 0.1) is 18.3 Å². The Morgan fingerprint density at radius 1 is 1.06 bits per heavy atom. The fourth-order valence-corrected chi connectivity index (χ4v) is 4.75. The third-order valence-corrected chi connectivity index (χ3v) is 7.15. The van der Waals surface area contributed by atoms with Crippen LogP contribution in [0.4, 0.5) is 14.5 Å². The van der Waals surface area contributed by atoms with Crippen molar-refractivity contribution in [3.63, 3.8) is 0 Å². The van der Waals surface area contributed by atoms with Crippen molar-refractivity contribution in [1.29, 1.82) is 0 Å². The van der Waals surface area contributed by atoms with Gasteiger partial charge in [0.2, 0.25) is 0 Å². The van der Waals surface area contributed by atoms with Crippen molar-refractivity contribution in [1.82, 2.24) is 0 Å². The molecule has 1 aliphatic heterocycles. The van der Waals surface area contributed by atoms with E-state index < -0.39 is 23.8 Å². The minimum atomic E-state index is -1.01. The SMILES string of the molecule is CO[C@H]1C[C@H](C)Cc2cc(cc(F)c2F)NC(=O)/C(C)=C/CC[C@H](OC)[C@@H](C)/C(C)=C/[C@H](C)[C@H]1O. The number of benzene rings is 1. The Morgan fingerprint density at radius 3 is 2.34 bits per heavy atom. The highest BCUT2D eigenvalue weighted by atomic mass is 19.2. The molecule has 0 radical (unpaired) electrons. The molecular formula is C28H41F2NO4. The molecule has 35 heavy (non-hydrogen) atoms. The average molecular weight is 494 g/mol. The molecule has 1 aliphatic rings. The number of anilines is 1. The molecule has 7 heteroatoms. The molecule has 196 valence electrons. The second-order valence-corrected chi connectivity index (χ2v) is 9.99. The third-order valence-electron chi connectivity index (χ3n) is 7.15. The van der Waals surface area contributed by atoms with Gasteiger partial charge in [0.25, 0.3) is 5.91 Å². The van der Waals surface area contributed by atoms with Gasteiger partial charge in [-0.05, 0) is 57.1 Å². The molecule has 6 atom stereocenters. The zero-order valence-electron chi connectivity index (χ0n) is 22.0. The number of amides is 1. The van der Waals surface area contributed by atoms with Gasteiger partial charge >= 0.3 is 0 Å². The van der Waals surface area contributed by atoms with Crippen molar-refractivity contribution < 1.29 is 28.2 Å². The highest BCUT2D eigenvalue weighted by molar-refractivity contribution is 6.03. The Morgan fingerprint density at radius 2 is 1.71 bits per heavy atom. The van der Waals surface area contributed by atoms with E-state index in [1.165, 1.54) is 6.07 Å². The summed E-state index contributed by atoms with van der Waals surface area (Å²) in [5.41, 5.74) is 1.99. The number of aliphatic hydroxyl groups excluding tert-OH is 1. The maximum atomic E-state index is 14.6. The molecule has 2 bridgehead atoms. The van der Waals surface area contributed by atoms with Crippen LogP contribution in [0.25, 0.3) is 0 Å². The number of allylic oxidation sites excluding steroid dienone is 1. The molecule has 0 aromatic heterocycles. The third kappa shape index (κ3) is 7.95. The summed E-state index contributed by atoms with van der Waals surface area (Å²) >= 11 is 0. The predicted molar refractivity (Wildman–Crippen MR) is 135 cm³/mol. The number of hydrogen-bond acceptors (Lipinski definition) is 4. The Hall–Kier alpha value is -2.09. The van der Waals surface area contributed by atoms with Gasteiger partial charge in [-0.15, -0.1) is 0 Å². The lowest BCUT2D eigenvalue weighted by Crippen LogP contribution is -2.35. The number of ether oxygens (including phenoxy) is 2. The highest BCUT2D eigenvalue weighted by Gasteiger charge is 2.27. The van der Waals surface area contributed by atoms with Gasteiger partial charge in [-0.2, -0.15) is 0 Å². The molecule has 1 heterocycles. The summed E-state index contributed by atoms with van der Waals surface area (Å²) < 4.78 is 40.2. The smallest absolute Gasteiger partial charge is 0.250 e. The van der Waals surface area contributed by atoms with Crippen molar-refractivity contribution in [2.75, 3.05) is 19.5 Å². The van der Waals surface area contributed by atoms with E-state index in [1.807, 2.05) is 26.8 Å². The summed E-state index contributed by atoms with van der Waals surface area (Å²) in [6.45, 7) is 9.69. The van der Waals surface area contributed by atoms with Crippen LogP contribution in [0.5, 0.6) is 0 Å². The zero-order chi connectivity index (χ0) is 26.3. The van der Waals surface area contributed by atoms with Crippen LogP contribution in [-0.4, -0.2) is 43.5 Å². The fraction of sp³-hybridized carbons (Fsp3) is 0.607. The minimum Gasteiger partial charge on any atom is -0.390 e. The lowest BCUT2D eigenvalue weighted by Gasteiger charge is -2.29. The van der Waals surface area contributed by atoms with E-state index in [0.29, 0.717) is 24.8 Å². The number of aliphatic hydroxyl groups is 1. The van der Waals surface area contributed by atoms with Crippen LogP contribution in [0.2, 0.25) is 0 Å². The van der Waals surface area contributed by atoms with E-state index in [4.69, 9.17) is 9.47 Å². The Bertz CT molecular complexity index is 930. The monoisotopic (exact) mass is 493 g/mol. The topological polar surface area (TPSA) is 67.8 Å². The van der Waals surface area contributed by atoms with Crippen LogP contribution in [0.1, 0.15) is 59.4 Å². The summed E-state index contributed by atoms with van der Waals surface area (Å²) in [7, 11) is 3.23. The van der Waals surface area contributed by atoms with Gasteiger partial charge in [-0.25, -0.2) is 8.78 Å². The van der Waals surface area contributed by atoms with Gasteiger partial charge in [-0.3, -0.25) is 4.79 Å². The zero-order valence-corrected chi connectivity index (χ0v) is 22.0. The average Bonchev–Trinajstić information content (AvgIpc) is 2.81. The first-order chi connectivity index (χ1) is 16.5. The number of hydrogen-bond donors (Lipinski definition) is 2. The normalized spacial score (nSPS) is 32.8. The lowest BCUT2D eigenvalue weighted by molar-refractivity contribution is -0.112. The molecule has 0 fully saturated rings. The van der Waals surface area contributed by atoms with Crippen molar-refractivity contribution in [2.45, 2.75) is 78.6 Å². The first-order valence-electron chi connectivity index (χ1n) is 12.4. The fourth-order valence-electron chi connectivity index (χ4n) is 4.75. The Balaban J connectivity index is 2.44. The molecule has 1 aromatic rings. The highest BCUT2D eigenvalue weighted by Crippen LogP contribution is 2.28. The standard InChI is InChI=1S/C28H41F2NO4/c1-16-11-21-14-22(15-23(29)26(21)30)31-28(33)17(2)9-8-10-24(34-6)20(5)18(3)13-19(4)27(32)25(12-16)35-7/h9,13-16,19-20,24-25,27,32H,8,10-12H2,1-7H3,(H,31,33)/b17-9+,18-13+/t16-,19+,20+,24+,25+,27-/m1/s1. The van der Waals surface area contributed by atoms with Crippen molar-refractivity contribution >= 4 is 11.6 Å². The van der Waals surface area contributed by atoms with Gasteiger partial charge in [0.15, 0.2) is 11.6 Å². The van der Waals surface area contributed by atoms with Crippen molar-refractivity contribution in [3.05, 3.63) is 52.6 Å². The van der Waals surface area contributed by atoms with Crippen LogP contribution in [0, 0.1) is 29.4 Å². The molecule has 0 unspecified atom stereocenters. The molecular weight excluding hydrogens is 452 g/mol. The molecule has 2 rings (SSSR count). The molecule has 5 nitrogen and oxygen atoms in total. The molecule has 0 saturated heterocycles.